The van der Waals surface area contributed by atoms with Gasteiger partial charge in [-0.15, -0.1) is 0 Å². The van der Waals surface area contributed by atoms with Gasteiger partial charge in [0.25, 0.3) is 0 Å². The van der Waals surface area contributed by atoms with E-state index in [4.69, 9.17) is 16.3 Å². The maximum Gasteiger partial charge on any atom is 0.319 e. The molecule has 0 saturated heterocycles. The van der Waals surface area contributed by atoms with Crippen LogP contribution in [0.25, 0.3) is 6.08 Å². The largest absolute Gasteiger partial charge is 0.496 e. The number of para-hydroxylation sites is 1. The van der Waals surface area contributed by atoms with Crippen LogP contribution in [0.5, 0.6) is 5.75 Å². The number of amides is 2. The van der Waals surface area contributed by atoms with Crippen LogP contribution in [0.15, 0.2) is 54.7 Å². The Kier molecular flexibility index (Phi) is 5.86. The van der Waals surface area contributed by atoms with E-state index in [0.29, 0.717) is 11.6 Å². The highest BCUT2D eigenvalue weighted by Gasteiger charge is 2.02. The Hall–Kier alpha value is -2.46. The molecule has 0 atom stereocenters. The second-order valence-electron chi connectivity index (χ2n) is 4.49. The highest BCUT2D eigenvalue weighted by Crippen LogP contribution is 2.18. The quantitative estimate of drug-likeness (QED) is 0.881. The van der Waals surface area contributed by atoms with Gasteiger partial charge in [0.2, 0.25) is 0 Å². The third-order valence-electron chi connectivity index (χ3n) is 3.01. The van der Waals surface area contributed by atoms with Gasteiger partial charge in [-0.3, -0.25) is 0 Å². The molecule has 114 valence electrons. The molecule has 2 rings (SSSR count). The Morgan fingerprint density at radius 3 is 2.68 bits per heavy atom. The van der Waals surface area contributed by atoms with Gasteiger partial charge < -0.3 is 15.4 Å². The zero-order valence-corrected chi connectivity index (χ0v) is 12.9. The first-order valence-electron chi connectivity index (χ1n) is 6.78. The second kappa shape index (κ2) is 8.10. The van der Waals surface area contributed by atoms with Crippen LogP contribution in [0.4, 0.5) is 4.79 Å². The molecule has 22 heavy (non-hydrogen) atoms. The van der Waals surface area contributed by atoms with E-state index < -0.39 is 0 Å². The van der Waals surface area contributed by atoms with E-state index in [1.165, 1.54) is 0 Å². The van der Waals surface area contributed by atoms with Gasteiger partial charge in [-0.1, -0.05) is 48.0 Å². The molecule has 0 aromatic heterocycles. The fourth-order valence-electron chi connectivity index (χ4n) is 1.88. The normalized spacial score (nSPS) is 10.5. The van der Waals surface area contributed by atoms with Crippen molar-refractivity contribution in [3.05, 3.63) is 70.9 Å². The Labute approximate surface area is 134 Å². The fourth-order valence-corrected chi connectivity index (χ4v) is 2.08. The molecule has 0 spiro atoms. The third-order valence-corrected chi connectivity index (χ3v) is 3.38. The van der Waals surface area contributed by atoms with Crippen LogP contribution in [0.2, 0.25) is 5.02 Å². The number of benzene rings is 2. The number of nitrogens with one attached hydrogen (secondary N) is 2. The lowest BCUT2D eigenvalue weighted by atomic mass is 10.2. The first kappa shape index (κ1) is 15.9. The minimum atomic E-state index is -0.300. The predicted octanol–water partition coefficient (Wildman–Crippen LogP) is 3.82. The van der Waals surface area contributed by atoms with Crippen LogP contribution in [0.3, 0.4) is 0 Å². The minimum Gasteiger partial charge on any atom is -0.496 e. The average molecular weight is 317 g/mol. The number of carbonyl (C=O) groups excluding carboxylic acids is 1. The number of halogens is 1. The van der Waals surface area contributed by atoms with E-state index in [1.54, 1.807) is 25.5 Å². The summed E-state index contributed by atoms with van der Waals surface area (Å²) in [4.78, 5) is 11.7. The van der Waals surface area contributed by atoms with Gasteiger partial charge in [0.05, 0.1) is 7.11 Å². The van der Waals surface area contributed by atoms with Crippen molar-refractivity contribution in [2.45, 2.75) is 6.54 Å². The summed E-state index contributed by atoms with van der Waals surface area (Å²) in [7, 11) is 1.61. The molecule has 0 heterocycles. The molecule has 0 saturated carbocycles. The summed E-state index contributed by atoms with van der Waals surface area (Å²) in [6.45, 7) is 0.369. The smallest absolute Gasteiger partial charge is 0.319 e. The summed E-state index contributed by atoms with van der Waals surface area (Å²) < 4.78 is 5.23. The van der Waals surface area contributed by atoms with Crippen molar-refractivity contribution in [2.24, 2.45) is 0 Å². The molecule has 0 unspecified atom stereocenters. The maximum atomic E-state index is 11.7. The minimum absolute atomic E-state index is 0.300. The summed E-state index contributed by atoms with van der Waals surface area (Å²) in [5.41, 5.74) is 1.75. The Balaban J connectivity index is 1.85. The van der Waals surface area contributed by atoms with Gasteiger partial charge in [0, 0.05) is 23.3 Å². The number of ether oxygens (including phenoxy) is 1. The van der Waals surface area contributed by atoms with Gasteiger partial charge in [0.15, 0.2) is 0 Å². The SMILES string of the molecule is COc1ccccc1/C=C/NC(=O)NCc1ccccc1Cl. The lowest BCUT2D eigenvalue weighted by Gasteiger charge is -2.07. The molecule has 2 aromatic rings. The highest BCUT2D eigenvalue weighted by molar-refractivity contribution is 6.31. The Morgan fingerprint density at radius 1 is 1.18 bits per heavy atom. The van der Waals surface area contributed by atoms with E-state index in [0.717, 1.165) is 16.9 Å². The predicted molar refractivity (Wildman–Crippen MR) is 88.9 cm³/mol. The van der Waals surface area contributed by atoms with Gasteiger partial charge in [-0.05, 0) is 23.8 Å². The van der Waals surface area contributed by atoms with Crippen LogP contribution in [-0.2, 0) is 6.54 Å². The molecule has 0 bridgehead atoms. The van der Waals surface area contributed by atoms with Gasteiger partial charge in [0.1, 0.15) is 5.75 Å². The lowest BCUT2D eigenvalue weighted by molar-refractivity contribution is 0.244. The Morgan fingerprint density at radius 2 is 1.91 bits per heavy atom. The van der Waals surface area contributed by atoms with Crippen molar-refractivity contribution in [1.82, 2.24) is 10.6 Å². The molecule has 0 aliphatic rings. The number of urea groups is 1. The van der Waals surface area contributed by atoms with Crippen LogP contribution in [0, 0.1) is 0 Å². The molecule has 0 radical (unpaired) electrons. The molecule has 2 amide bonds. The molecular weight excluding hydrogens is 300 g/mol. The summed E-state index contributed by atoms with van der Waals surface area (Å²) in [5.74, 6) is 0.747. The summed E-state index contributed by atoms with van der Waals surface area (Å²) in [5, 5.41) is 6.01. The van der Waals surface area contributed by atoms with Crippen molar-refractivity contribution in [2.75, 3.05) is 7.11 Å². The molecular formula is C17H17ClN2O2. The van der Waals surface area contributed by atoms with Crippen molar-refractivity contribution in [1.29, 1.82) is 0 Å². The average Bonchev–Trinajstić information content (AvgIpc) is 2.54. The van der Waals surface area contributed by atoms with E-state index in [2.05, 4.69) is 10.6 Å². The first-order valence-corrected chi connectivity index (χ1v) is 7.16. The maximum absolute atomic E-state index is 11.7. The Bertz CT molecular complexity index is 671. The van der Waals surface area contributed by atoms with E-state index in [-0.39, 0.29) is 6.03 Å². The number of rotatable bonds is 5. The third kappa shape index (κ3) is 4.53. The lowest BCUT2D eigenvalue weighted by Crippen LogP contribution is -2.31. The van der Waals surface area contributed by atoms with Crippen molar-refractivity contribution < 1.29 is 9.53 Å². The summed E-state index contributed by atoms with van der Waals surface area (Å²) in [6, 6.07) is 14.6. The highest BCUT2D eigenvalue weighted by atomic mass is 35.5. The van der Waals surface area contributed by atoms with Crippen molar-refractivity contribution >= 4 is 23.7 Å². The van der Waals surface area contributed by atoms with Gasteiger partial charge >= 0.3 is 6.03 Å². The summed E-state index contributed by atoms with van der Waals surface area (Å²) in [6.07, 6.45) is 3.34. The van der Waals surface area contributed by atoms with E-state index in [9.17, 15) is 4.79 Å². The van der Waals surface area contributed by atoms with Crippen molar-refractivity contribution in [3.63, 3.8) is 0 Å². The molecule has 4 nitrogen and oxygen atoms in total. The molecule has 0 aliphatic heterocycles. The first-order chi connectivity index (χ1) is 10.7. The van der Waals surface area contributed by atoms with Crippen LogP contribution < -0.4 is 15.4 Å². The standard InChI is InChI=1S/C17H17ClN2O2/c1-22-16-9-5-3-6-13(16)10-11-19-17(21)20-12-14-7-2-4-8-15(14)18/h2-11H,12H2,1H3,(H2,19,20,21)/b11-10+. The molecule has 2 N–H and O–H groups in total. The fraction of sp³-hybridized carbons (Fsp3) is 0.118. The molecule has 2 aromatic carbocycles. The zero-order valence-electron chi connectivity index (χ0n) is 12.2. The van der Waals surface area contributed by atoms with E-state index in [1.807, 2.05) is 42.5 Å². The van der Waals surface area contributed by atoms with Crippen LogP contribution >= 0.6 is 11.6 Å². The zero-order chi connectivity index (χ0) is 15.8. The second-order valence-corrected chi connectivity index (χ2v) is 4.90. The molecule has 0 aliphatic carbocycles. The summed E-state index contributed by atoms with van der Waals surface area (Å²) >= 11 is 6.03. The molecule has 0 fully saturated rings. The number of hydrogen-bond acceptors (Lipinski definition) is 2. The van der Waals surface area contributed by atoms with Crippen LogP contribution in [-0.4, -0.2) is 13.1 Å². The van der Waals surface area contributed by atoms with E-state index >= 15 is 0 Å². The van der Waals surface area contributed by atoms with Crippen molar-refractivity contribution in [3.8, 4) is 5.75 Å². The van der Waals surface area contributed by atoms with Gasteiger partial charge in [-0.2, -0.15) is 0 Å². The molecule has 5 heteroatoms. The topological polar surface area (TPSA) is 50.4 Å². The number of methoxy groups -OCH3 is 1. The number of carbonyl (C=O) groups is 1. The number of hydrogen-bond donors (Lipinski definition) is 2. The van der Waals surface area contributed by atoms with Crippen LogP contribution in [0.1, 0.15) is 11.1 Å². The van der Waals surface area contributed by atoms with Gasteiger partial charge in [-0.25, -0.2) is 4.79 Å². The monoisotopic (exact) mass is 316 g/mol.